The van der Waals surface area contributed by atoms with E-state index in [9.17, 15) is 4.79 Å². The molecule has 0 fully saturated rings. The monoisotopic (exact) mass is 255 g/mol. The molecular weight excluding hydrogens is 238 g/mol. The number of hydrogen-bond donors (Lipinski definition) is 1. The molecule has 1 rings (SSSR count). The minimum atomic E-state index is -0.821. The van der Waals surface area contributed by atoms with Gasteiger partial charge < -0.3 is 10.0 Å². The summed E-state index contributed by atoms with van der Waals surface area (Å²) >= 11 is 5.97. The maximum atomic E-state index is 11.1. The molecule has 3 nitrogen and oxygen atoms in total. The van der Waals surface area contributed by atoms with Crippen LogP contribution in [0.2, 0.25) is 5.02 Å². The fraction of sp³-hybridized carbons (Fsp3) is 0.462. The van der Waals surface area contributed by atoms with Crippen LogP contribution in [0.4, 0.5) is 5.69 Å². The van der Waals surface area contributed by atoms with Gasteiger partial charge in [0.25, 0.3) is 0 Å². The first-order chi connectivity index (χ1) is 7.97. The van der Waals surface area contributed by atoms with Crippen molar-refractivity contribution < 1.29 is 9.90 Å². The molecular formula is C13H18ClNO2. The molecule has 0 saturated heterocycles. The van der Waals surface area contributed by atoms with Crippen molar-refractivity contribution in [1.82, 2.24) is 0 Å². The first-order valence-corrected chi connectivity index (χ1v) is 6.10. The molecule has 0 saturated carbocycles. The largest absolute Gasteiger partial charge is 0.480 e. The van der Waals surface area contributed by atoms with E-state index >= 15 is 0 Å². The summed E-state index contributed by atoms with van der Waals surface area (Å²) in [6.07, 6.45) is 0.892. The smallest absolute Gasteiger partial charge is 0.326 e. The molecule has 1 N–H and O–H groups in total. The van der Waals surface area contributed by atoms with Crippen LogP contribution in [0.15, 0.2) is 18.2 Å². The van der Waals surface area contributed by atoms with Gasteiger partial charge in [0.2, 0.25) is 0 Å². The van der Waals surface area contributed by atoms with E-state index in [1.54, 1.807) is 6.92 Å². The van der Waals surface area contributed by atoms with Crippen LogP contribution < -0.4 is 4.90 Å². The summed E-state index contributed by atoms with van der Waals surface area (Å²) in [5.41, 5.74) is 1.94. The van der Waals surface area contributed by atoms with Crippen LogP contribution in [-0.4, -0.2) is 23.7 Å². The molecule has 0 radical (unpaired) electrons. The standard InChI is InChI=1S/C13H18ClNO2/c1-4-7-15(10(3)13(16)17)12-8-11(14)6-5-9(12)2/h5-6,8,10H,4,7H2,1-3H3,(H,16,17). The fourth-order valence-corrected chi connectivity index (χ4v) is 1.96. The number of nitrogens with zero attached hydrogens (tertiary/aromatic N) is 1. The Labute approximate surface area is 107 Å². The molecule has 1 unspecified atom stereocenters. The van der Waals surface area contributed by atoms with Crippen molar-refractivity contribution in [2.24, 2.45) is 0 Å². The second kappa shape index (κ2) is 5.92. The zero-order chi connectivity index (χ0) is 13.0. The van der Waals surface area contributed by atoms with E-state index in [0.29, 0.717) is 11.6 Å². The molecule has 4 heteroatoms. The maximum absolute atomic E-state index is 11.1. The summed E-state index contributed by atoms with van der Waals surface area (Å²) in [6.45, 7) is 6.39. The number of carboxylic acids is 1. The molecule has 1 atom stereocenters. The van der Waals surface area contributed by atoms with E-state index in [2.05, 4.69) is 0 Å². The fourth-order valence-electron chi connectivity index (χ4n) is 1.79. The Bertz CT molecular complexity index is 406. The number of aliphatic carboxylic acids is 1. The predicted molar refractivity (Wildman–Crippen MR) is 70.9 cm³/mol. The molecule has 0 bridgehead atoms. The zero-order valence-corrected chi connectivity index (χ0v) is 11.2. The number of anilines is 1. The van der Waals surface area contributed by atoms with Crippen LogP contribution in [0.25, 0.3) is 0 Å². The van der Waals surface area contributed by atoms with Gasteiger partial charge in [0.1, 0.15) is 6.04 Å². The summed E-state index contributed by atoms with van der Waals surface area (Å²) in [7, 11) is 0. The normalized spacial score (nSPS) is 12.2. The lowest BCUT2D eigenvalue weighted by molar-refractivity contribution is -0.138. The van der Waals surface area contributed by atoms with Gasteiger partial charge >= 0.3 is 5.97 Å². The SMILES string of the molecule is CCCN(c1cc(Cl)ccc1C)C(C)C(=O)O. The van der Waals surface area contributed by atoms with Crippen LogP contribution in [0.3, 0.4) is 0 Å². The average molecular weight is 256 g/mol. The van der Waals surface area contributed by atoms with Gasteiger partial charge in [0.15, 0.2) is 0 Å². The minimum absolute atomic E-state index is 0.549. The van der Waals surface area contributed by atoms with Gasteiger partial charge in [-0.3, -0.25) is 0 Å². The van der Waals surface area contributed by atoms with Crippen LogP contribution in [0.1, 0.15) is 25.8 Å². The van der Waals surface area contributed by atoms with E-state index in [1.165, 1.54) is 0 Å². The van der Waals surface area contributed by atoms with Crippen molar-refractivity contribution in [2.45, 2.75) is 33.2 Å². The Morgan fingerprint density at radius 2 is 2.18 bits per heavy atom. The van der Waals surface area contributed by atoms with Crippen molar-refractivity contribution in [2.75, 3.05) is 11.4 Å². The van der Waals surface area contributed by atoms with Gasteiger partial charge in [0, 0.05) is 17.3 Å². The highest BCUT2D eigenvalue weighted by atomic mass is 35.5. The molecule has 0 aliphatic rings. The predicted octanol–water partition coefficient (Wildman–Crippen LogP) is 3.34. The lowest BCUT2D eigenvalue weighted by Gasteiger charge is -2.29. The first-order valence-electron chi connectivity index (χ1n) is 5.73. The molecule has 0 aliphatic heterocycles. The average Bonchev–Trinajstić information content (AvgIpc) is 2.28. The van der Waals surface area contributed by atoms with Crippen molar-refractivity contribution in [3.63, 3.8) is 0 Å². The van der Waals surface area contributed by atoms with Gasteiger partial charge in [-0.05, 0) is 38.0 Å². The molecule has 17 heavy (non-hydrogen) atoms. The topological polar surface area (TPSA) is 40.5 Å². The van der Waals surface area contributed by atoms with Crippen LogP contribution in [0.5, 0.6) is 0 Å². The Hall–Kier alpha value is -1.22. The highest BCUT2D eigenvalue weighted by molar-refractivity contribution is 6.30. The number of benzene rings is 1. The number of carboxylic acid groups (broad SMARTS) is 1. The summed E-state index contributed by atoms with van der Waals surface area (Å²) < 4.78 is 0. The summed E-state index contributed by atoms with van der Waals surface area (Å²) in [5.74, 6) is -0.821. The second-order valence-electron chi connectivity index (χ2n) is 4.14. The number of rotatable bonds is 5. The van der Waals surface area contributed by atoms with Crippen molar-refractivity contribution in [1.29, 1.82) is 0 Å². The summed E-state index contributed by atoms with van der Waals surface area (Å²) in [5, 5.41) is 9.75. The first kappa shape index (κ1) is 13.8. The van der Waals surface area contributed by atoms with Gasteiger partial charge in [-0.1, -0.05) is 24.6 Å². The van der Waals surface area contributed by atoms with Crippen molar-refractivity contribution in [3.05, 3.63) is 28.8 Å². The number of hydrogen-bond acceptors (Lipinski definition) is 2. The van der Waals surface area contributed by atoms with E-state index in [-0.39, 0.29) is 0 Å². The van der Waals surface area contributed by atoms with Crippen LogP contribution in [0, 0.1) is 6.92 Å². The number of aryl methyl sites for hydroxylation is 1. The van der Waals surface area contributed by atoms with Gasteiger partial charge in [-0.2, -0.15) is 0 Å². The molecule has 0 heterocycles. The molecule has 0 aliphatic carbocycles. The Morgan fingerprint density at radius 1 is 1.53 bits per heavy atom. The molecule has 1 aromatic rings. The highest BCUT2D eigenvalue weighted by Gasteiger charge is 2.21. The van der Waals surface area contributed by atoms with Crippen LogP contribution in [-0.2, 0) is 4.79 Å². The third kappa shape index (κ3) is 3.37. The Balaban J connectivity index is 3.12. The molecule has 0 amide bonds. The van der Waals surface area contributed by atoms with Crippen LogP contribution >= 0.6 is 11.6 Å². The molecule has 0 aromatic heterocycles. The highest BCUT2D eigenvalue weighted by Crippen LogP contribution is 2.26. The van der Waals surface area contributed by atoms with Gasteiger partial charge in [-0.15, -0.1) is 0 Å². The maximum Gasteiger partial charge on any atom is 0.326 e. The molecule has 94 valence electrons. The number of carbonyl (C=O) groups is 1. The quantitative estimate of drug-likeness (QED) is 0.877. The second-order valence-corrected chi connectivity index (χ2v) is 4.57. The van der Waals surface area contributed by atoms with E-state index in [0.717, 1.165) is 17.7 Å². The number of halogens is 1. The van der Waals surface area contributed by atoms with E-state index in [1.807, 2.05) is 36.9 Å². The molecule has 1 aromatic carbocycles. The molecule has 0 spiro atoms. The third-order valence-electron chi connectivity index (χ3n) is 2.77. The van der Waals surface area contributed by atoms with E-state index in [4.69, 9.17) is 16.7 Å². The lowest BCUT2D eigenvalue weighted by Crippen LogP contribution is -2.40. The van der Waals surface area contributed by atoms with Gasteiger partial charge in [0.05, 0.1) is 0 Å². The van der Waals surface area contributed by atoms with Gasteiger partial charge in [-0.25, -0.2) is 4.79 Å². The van der Waals surface area contributed by atoms with Crippen molar-refractivity contribution in [3.8, 4) is 0 Å². The summed E-state index contributed by atoms with van der Waals surface area (Å²) in [4.78, 5) is 13.0. The lowest BCUT2D eigenvalue weighted by atomic mass is 10.1. The zero-order valence-electron chi connectivity index (χ0n) is 10.4. The Kier molecular flexibility index (Phi) is 4.82. The Morgan fingerprint density at radius 3 is 2.71 bits per heavy atom. The summed E-state index contributed by atoms with van der Waals surface area (Å²) in [6, 6.07) is 5.00. The minimum Gasteiger partial charge on any atom is -0.480 e. The third-order valence-corrected chi connectivity index (χ3v) is 3.01. The van der Waals surface area contributed by atoms with E-state index < -0.39 is 12.0 Å². The van der Waals surface area contributed by atoms with Crippen molar-refractivity contribution >= 4 is 23.3 Å².